The van der Waals surface area contributed by atoms with E-state index in [0.29, 0.717) is 0 Å². The Hall–Kier alpha value is -1.32. The lowest BCUT2D eigenvalue weighted by molar-refractivity contribution is 0.0506. The van der Waals surface area contributed by atoms with Crippen molar-refractivity contribution < 1.29 is 9.47 Å². The first-order chi connectivity index (χ1) is 8.70. The summed E-state index contributed by atoms with van der Waals surface area (Å²) in [6.07, 6.45) is 0. The average Bonchev–Trinajstić information content (AvgIpc) is 2.39. The predicted octanol–water partition coefficient (Wildman–Crippen LogP) is 4.41. The first-order valence-corrected chi connectivity index (χ1v) is 6.48. The number of halogens is 1. The molecule has 0 N–H and O–H groups in total. The Bertz CT molecular complexity index is 521. The Kier molecular flexibility index (Phi) is 4.39. The van der Waals surface area contributed by atoms with Gasteiger partial charge in [-0.05, 0) is 46.1 Å². The van der Waals surface area contributed by atoms with E-state index in [9.17, 15) is 0 Å². The van der Waals surface area contributed by atoms with Gasteiger partial charge >= 0.3 is 0 Å². The van der Waals surface area contributed by atoms with Crippen LogP contribution < -0.4 is 4.74 Å². The van der Waals surface area contributed by atoms with Crippen molar-refractivity contribution in [3.8, 4) is 16.9 Å². The van der Waals surface area contributed by atoms with Crippen LogP contribution in [0.3, 0.4) is 0 Å². The molecule has 18 heavy (non-hydrogen) atoms. The van der Waals surface area contributed by atoms with E-state index in [2.05, 4.69) is 53.2 Å². The molecule has 0 heterocycles. The van der Waals surface area contributed by atoms with Crippen molar-refractivity contribution in [1.82, 2.24) is 0 Å². The second-order valence-electron chi connectivity index (χ2n) is 4.06. The van der Waals surface area contributed by atoms with E-state index in [-0.39, 0.29) is 6.79 Å². The maximum absolute atomic E-state index is 5.50. The van der Waals surface area contributed by atoms with Gasteiger partial charge in [-0.3, -0.25) is 0 Å². The minimum absolute atomic E-state index is 0.246. The molecule has 0 bridgehead atoms. The predicted molar refractivity (Wildman–Crippen MR) is 76.8 cm³/mol. The van der Waals surface area contributed by atoms with Crippen LogP contribution in [0.5, 0.6) is 5.75 Å². The smallest absolute Gasteiger partial charge is 0.188 e. The van der Waals surface area contributed by atoms with E-state index < -0.39 is 0 Å². The van der Waals surface area contributed by atoms with Crippen molar-refractivity contribution >= 4 is 15.9 Å². The zero-order valence-corrected chi connectivity index (χ0v) is 12.0. The number of aryl methyl sites for hydroxylation is 1. The molecular weight excluding hydrogens is 292 g/mol. The topological polar surface area (TPSA) is 18.5 Å². The molecule has 0 atom stereocenters. The van der Waals surface area contributed by atoms with Crippen LogP contribution in [-0.4, -0.2) is 13.9 Å². The van der Waals surface area contributed by atoms with E-state index in [1.54, 1.807) is 7.11 Å². The lowest BCUT2D eigenvalue weighted by atomic mass is 10.0. The fourth-order valence-electron chi connectivity index (χ4n) is 1.66. The Morgan fingerprint density at radius 3 is 2.33 bits per heavy atom. The summed E-state index contributed by atoms with van der Waals surface area (Å²) < 4.78 is 11.3. The van der Waals surface area contributed by atoms with Crippen molar-refractivity contribution in [3.05, 3.63) is 52.5 Å². The van der Waals surface area contributed by atoms with Gasteiger partial charge in [0.25, 0.3) is 0 Å². The summed E-state index contributed by atoms with van der Waals surface area (Å²) in [6, 6.07) is 14.5. The van der Waals surface area contributed by atoms with Gasteiger partial charge in [-0.25, -0.2) is 0 Å². The van der Waals surface area contributed by atoms with Gasteiger partial charge in [0.2, 0.25) is 0 Å². The van der Waals surface area contributed by atoms with Crippen LogP contribution in [0.25, 0.3) is 11.1 Å². The van der Waals surface area contributed by atoms with Gasteiger partial charge in [0.15, 0.2) is 6.79 Å². The molecule has 0 saturated carbocycles. The molecule has 0 saturated heterocycles. The molecule has 94 valence electrons. The fraction of sp³-hybridized carbons (Fsp3) is 0.200. The Morgan fingerprint density at radius 1 is 1.00 bits per heavy atom. The Balaban J connectivity index is 2.31. The maximum atomic E-state index is 5.50. The third kappa shape index (κ3) is 3.12. The van der Waals surface area contributed by atoms with E-state index in [4.69, 9.17) is 9.47 Å². The van der Waals surface area contributed by atoms with Crippen LogP contribution in [-0.2, 0) is 4.74 Å². The highest BCUT2D eigenvalue weighted by Crippen LogP contribution is 2.31. The highest BCUT2D eigenvalue weighted by molar-refractivity contribution is 9.10. The monoisotopic (exact) mass is 306 g/mol. The van der Waals surface area contributed by atoms with Gasteiger partial charge in [0.05, 0.1) is 4.47 Å². The zero-order valence-electron chi connectivity index (χ0n) is 10.4. The van der Waals surface area contributed by atoms with Crippen molar-refractivity contribution in [2.45, 2.75) is 6.92 Å². The van der Waals surface area contributed by atoms with Gasteiger partial charge in [-0.1, -0.05) is 35.9 Å². The van der Waals surface area contributed by atoms with Gasteiger partial charge < -0.3 is 9.47 Å². The molecule has 0 amide bonds. The molecule has 0 fully saturated rings. The first-order valence-electron chi connectivity index (χ1n) is 5.69. The van der Waals surface area contributed by atoms with E-state index >= 15 is 0 Å². The largest absolute Gasteiger partial charge is 0.466 e. The molecule has 0 unspecified atom stereocenters. The normalized spacial score (nSPS) is 10.4. The van der Waals surface area contributed by atoms with Gasteiger partial charge in [0.1, 0.15) is 5.75 Å². The van der Waals surface area contributed by atoms with Crippen LogP contribution in [0.15, 0.2) is 46.9 Å². The fourth-order valence-corrected chi connectivity index (χ4v) is 2.02. The standard InChI is InChI=1S/C15H15BrO2/c1-11-3-5-12(6-4-11)13-7-8-14(16)15(9-13)18-10-17-2/h3-9H,10H2,1-2H3. The quantitative estimate of drug-likeness (QED) is 0.779. The molecule has 0 aliphatic carbocycles. The minimum Gasteiger partial charge on any atom is -0.466 e. The summed E-state index contributed by atoms with van der Waals surface area (Å²) in [6.45, 7) is 2.33. The zero-order chi connectivity index (χ0) is 13.0. The van der Waals surface area contributed by atoms with E-state index in [1.807, 2.05) is 12.1 Å². The maximum Gasteiger partial charge on any atom is 0.188 e. The number of ether oxygens (including phenoxy) is 2. The number of methoxy groups -OCH3 is 1. The van der Waals surface area contributed by atoms with Crippen molar-refractivity contribution in [2.75, 3.05) is 13.9 Å². The molecule has 0 aromatic heterocycles. The molecule has 2 aromatic rings. The first kappa shape index (κ1) is 13.1. The highest BCUT2D eigenvalue weighted by Gasteiger charge is 2.04. The third-order valence-corrected chi connectivity index (χ3v) is 3.30. The third-order valence-electron chi connectivity index (χ3n) is 2.65. The lowest BCUT2D eigenvalue weighted by Crippen LogP contribution is -1.99. The Morgan fingerprint density at radius 2 is 1.67 bits per heavy atom. The molecule has 0 aliphatic heterocycles. The lowest BCUT2D eigenvalue weighted by Gasteiger charge is -2.09. The van der Waals surface area contributed by atoms with Gasteiger partial charge in [-0.15, -0.1) is 0 Å². The molecule has 0 aliphatic rings. The minimum atomic E-state index is 0.246. The summed E-state index contributed by atoms with van der Waals surface area (Å²) >= 11 is 3.46. The second-order valence-corrected chi connectivity index (χ2v) is 4.92. The van der Waals surface area contributed by atoms with Crippen molar-refractivity contribution in [2.24, 2.45) is 0 Å². The van der Waals surface area contributed by atoms with Crippen LogP contribution >= 0.6 is 15.9 Å². The Labute approximate surface area is 116 Å². The van der Waals surface area contributed by atoms with E-state index in [0.717, 1.165) is 15.8 Å². The molecule has 2 nitrogen and oxygen atoms in total. The average molecular weight is 307 g/mol. The molecule has 3 heteroatoms. The summed E-state index contributed by atoms with van der Waals surface area (Å²) in [4.78, 5) is 0. The summed E-state index contributed by atoms with van der Waals surface area (Å²) in [5.74, 6) is 0.787. The van der Waals surface area contributed by atoms with Crippen molar-refractivity contribution in [3.63, 3.8) is 0 Å². The molecule has 2 rings (SSSR count). The second kappa shape index (κ2) is 6.03. The van der Waals surface area contributed by atoms with E-state index in [1.165, 1.54) is 11.1 Å². The number of benzene rings is 2. The van der Waals surface area contributed by atoms with Crippen LogP contribution in [0.4, 0.5) is 0 Å². The van der Waals surface area contributed by atoms with Crippen LogP contribution in [0, 0.1) is 6.92 Å². The van der Waals surface area contributed by atoms with Crippen molar-refractivity contribution in [1.29, 1.82) is 0 Å². The molecular formula is C15H15BrO2. The summed E-state index contributed by atoms with van der Waals surface area (Å²) in [7, 11) is 1.61. The number of hydrogen-bond acceptors (Lipinski definition) is 2. The van der Waals surface area contributed by atoms with Gasteiger partial charge in [0, 0.05) is 7.11 Å². The highest BCUT2D eigenvalue weighted by atomic mass is 79.9. The van der Waals surface area contributed by atoms with Gasteiger partial charge in [-0.2, -0.15) is 0 Å². The molecule has 0 spiro atoms. The summed E-state index contributed by atoms with van der Waals surface area (Å²) in [5, 5.41) is 0. The number of hydrogen-bond donors (Lipinski definition) is 0. The van der Waals surface area contributed by atoms with Crippen LogP contribution in [0.2, 0.25) is 0 Å². The van der Waals surface area contributed by atoms with Crippen LogP contribution in [0.1, 0.15) is 5.56 Å². The molecule has 2 aromatic carbocycles. The SMILES string of the molecule is COCOc1cc(-c2ccc(C)cc2)ccc1Br. The molecule has 0 radical (unpaired) electrons. The number of rotatable bonds is 4. The summed E-state index contributed by atoms with van der Waals surface area (Å²) in [5.41, 5.74) is 3.56.